The Morgan fingerprint density at radius 3 is 2.95 bits per heavy atom. The number of hydrogen-bond acceptors (Lipinski definition) is 3. The monoisotopic (exact) mass is 280 g/mol. The molecule has 1 saturated heterocycles. The average Bonchev–Trinajstić information content (AvgIpc) is 2.42. The van der Waals surface area contributed by atoms with E-state index in [4.69, 9.17) is 10.5 Å². The lowest BCUT2D eigenvalue weighted by Gasteiger charge is -2.34. The normalized spacial score (nSPS) is 21.7. The van der Waals surface area contributed by atoms with Gasteiger partial charge in [-0.25, -0.2) is 4.39 Å². The lowest BCUT2D eigenvalue weighted by atomic mass is 9.92. The Balaban J connectivity index is 1.97. The van der Waals surface area contributed by atoms with Crippen LogP contribution in [0.25, 0.3) is 0 Å². The van der Waals surface area contributed by atoms with Crippen molar-refractivity contribution >= 4 is 0 Å². The maximum atomic E-state index is 13.8. The van der Waals surface area contributed by atoms with E-state index in [0.717, 1.165) is 25.2 Å². The van der Waals surface area contributed by atoms with Crippen molar-refractivity contribution in [3.63, 3.8) is 0 Å². The molecule has 2 unspecified atom stereocenters. The van der Waals surface area contributed by atoms with E-state index in [0.29, 0.717) is 18.3 Å². The summed E-state index contributed by atoms with van der Waals surface area (Å²) in [7, 11) is 0. The molecule has 0 radical (unpaired) electrons. The Morgan fingerprint density at radius 2 is 2.30 bits per heavy atom. The summed E-state index contributed by atoms with van der Waals surface area (Å²) in [6.45, 7) is 7.27. The fourth-order valence-electron chi connectivity index (χ4n) is 2.84. The number of nitrogens with zero attached hydrogens (tertiary/aromatic N) is 1. The molecule has 1 aromatic carbocycles. The number of piperidine rings is 1. The summed E-state index contributed by atoms with van der Waals surface area (Å²) in [5.74, 6) is 0.616. The van der Waals surface area contributed by atoms with Crippen LogP contribution in [0.5, 0.6) is 5.75 Å². The Morgan fingerprint density at radius 1 is 1.50 bits per heavy atom. The van der Waals surface area contributed by atoms with Crippen LogP contribution in [-0.4, -0.2) is 30.6 Å². The smallest absolute Gasteiger partial charge is 0.165 e. The first-order valence-corrected chi connectivity index (χ1v) is 7.49. The number of rotatable bonds is 5. The van der Waals surface area contributed by atoms with Gasteiger partial charge in [0.2, 0.25) is 0 Å². The van der Waals surface area contributed by atoms with Gasteiger partial charge in [0.05, 0.1) is 6.61 Å². The highest BCUT2D eigenvalue weighted by Crippen LogP contribution is 2.23. The zero-order valence-electron chi connectivity index (χ0n) is 12.4. The minimum Gasteiger partial charge on any atom is -0.491 e. The van der Waals surface area contributed by atoms with E-state index >= 15 is 0 Å². The van der Waals surface area contributed by atoms with Gasteiger partial charge >= 0.3 is 0 Å². The maximum Gasteiger partial charge on any atom is 0.165 e. The average molecular weight is 280 g/mol. The minimum atomic E-state index is -0.273. The van der Waals surface area contributed by atoms with Crippen LogP contribution >= 0.6 is 0 Å². The lowest BCUT2D eigenvalue weighted by molar-refractivity contribution is 0.154. The van der Waals surface area contributed by atoms with Gasteiger partial charge in [-0.2, -0.15) is 0 Å². The zero-order chi connectivity index (χ0) is 14.5. The first-order valence-electron chi connectivity index (χ1n) is 7.49. The summed E-state index contributed by atoms with van der Waals surface area (Å²) in [6.07, 6.45) is 2.37. The second-order valence-electron chi connectivity index (χ2n) is 5.69. The highest BCUT2D eigenvalue weighted by Gasteiger charge is 2.22. The summed E-state index contributed by atoms with van der Waals surface area (Å²) < 4.78 is 19.1. The van der Waals surface area contributed by atoms with E-state index in [-0.39, 0.29) is 11.9 Å². The van der Waals surface area contributed by atoms with Gasteiger partial charge in [0.1, 0.15) is 0 Å². The Hall–Kier alpha value is -1.13. The van der Waals surface area contributed by atoms with Crippen molar-refractivity contribution in [1.29, 1.82) is 0 Å². The molecule has 0 bridgehead atoms. The molecule has 0 amide bonds. The molecule has 2 atom stereocenters. The van der Waals surface area contributed by atoms with Crippen LogP contribution < -0.4 is 10.5 Å². The van der Waals surface area contributed by atoms with Crippen LogP contribution in [0.2, 0.25) is 0 Å². The molecule has 0 saturated carbocycles. The maximum absolute atomic E-state index is 13.8. The van der Waals surface area contributed by atoms with Gasteiger partial charge in [-0.1, -0.05) is 6.07 Å². The molecule has 1 aliphatic heterocycles. The molecule has 0 spiro atoms. The fourth-order valence-corrected chi connectivity index (χ4v) is 2.84. The van der Waals surface area contributed by atoms with Gasteiger partial charge in [0, 0.05) is 19.1 Å². The minimum absolute atomic E-state index is 0.231. The molecule has 2 N–H and O–H groups in total. The predicted molar refractivity (Wildman–Crippen MR) is 79.2 cm³/mol. The highest BCUT2D eigenvalue weighted by molar-refractivity contribution is 5.29. The van der Waals surface area contributed by atoms with Crippen molar-refractivity contribution in [3.05, 3.63) is 29.6 Å². The Bertz CT molecular complexity index is 436. The molecule has 0 aromatic heterocycles. The second-order valence-corrected chi connectivity index (χ2v) is 5.69. The highest BCUT2D eigenvalue weighted by atomic mass is 19.1. The van der Waals surface area contributed by atoms with E-state index < -0.39 is 0 Å². The Labute approximate surface area is 120 Å². The zero-order valence-corrected chi connectivity index (χ0v) is 12.4. The number of benzene rings is 1. The fraction of sp³-hybridized carbons (Fsp3) is 0.625. The third kappa shape index (κ3) is 3.93. The summed E-state index contributed by atoms with van der Waals surface area (Å²) in [5, 5.41) is 0. The van der Waals surface area contributed by atoms with Crippen molar-refractivity contribution < 1.29 is 9.13 Å². The number of ether oxygens (including phenoxy) is 1. The van der Waals surface area contributed by atoms with Gasteiger partial charge in [-0.05, 0) is 56.8 Å². The van der Waals surface area contributed by atoms with Crippen molar-refractivity contribution in [2.24, 2.45) is 11.7 Å². The van der Waals surface area contributed by atoms with E-state index in [1.54, 1.807) is 12.1 Å². The molecule has 1 heterocycles. The van der Waals surface area contributed by atoms with Crippen molar-refractivity contribution in [1.82, 2.24) is 4.90 Å². The van der Waals surface area contributed by atoms with E-state index in [2.05, 4.69) is 11.8 Å². The van der Waals surface area contributed by atoms with Crippen molar-refractivity contribution in [3.8, 4) is 5.75 Å². The van der Waals surface area contributed by atoms with Crippen molar-refractivity contribution in [2.75, 3.05) is 19.7 Å². The second kappa shape index (κ2) is 7.04. The molecule has 1 aromatic rings. The van der Waals surface area contributed by atoms with Crippen LogP contribution in [0.15, 0.2) is 18.2 Å². The molecule has 4 heteroatoms. The summed E-state index contributed by atoms with van der Waals surface area (Å²) >= 11 is 0. The largest absolute Gasteiger partial charge is 0.491 e. The molecule has 3 nitrogen and oxygen atoms in total. The van der Waals surface area contributed by atoms with Crippen LogP contribution in [0.1, 0.15) is 32.3 Å². The quantitative estimate of drug-likeness (QED) is 0.901. The summed E-state index contributed by atoms with van der Waals surface area (Å²) in [6, 6.07) is 5.49. The molecule has 1 aliphatic rings. The molecular formula is C16H25FN2O. The lowest BCUT2D eigenvalue weighted by Crippen LogP contribution is -2.41. The predicted octanol–water partition coefficient (Wildman–Crippen LogP) is 2.78. The first-order chi connectivity index (χ1) is 9.60. The SMILES string of the molecule is CCOc1ccc(CN2CCCC(C(C)N)C2)cc1F. The third-order valence-electron chi connectivity index (χ3n) is 3.99. The number of halogens is 1. The van der Waals surface area contributed by atoms with E-state index in [9.17, 15) is 4.39 Å². The van der Waals surface area contributed by atoms with Crippen LogP contribution in [0.4, 0.5) is 4.39 Å². The van der Waals surface area contributed by atoms with Gasteiger partial charge < -0.3 is 10.5 Å². The van der Waals surface area contributed by atoms with Gasteiger partial charge in [-0.15, -0.1) is 0 Å². The van der Waals surface area contributed by atoms with E-state index in [1.807, 2.05) is 13.0 Å². The summed E-state index contributed by atoms with van der Waals surface area (Å²) in [5.41, 5.74) is 6.99. The molecule has 0 aliphatic carbocycles. The van der Waals surface area contributed by atoms with Crippen LogP contribution in [-0.2, 0) is 6.54 Å². The molecule has 112 valence electrons. The van der Waals surface area contributed by atoms with Crippen molar-refractivity contribution in [2.45, 2.75) is 39.3 Å². The number of likely N-dealkylation sites (tertiary alicyclic amines) is 1. The van der Waals surface area contributed by atoms with Crippen LogP contribution in [0, 0.1) is 11.7 Å². The molecule has 1 fully saturated rings. The third-order valence-corrected chi connectivity index (χ3v) is 3.99. The molecule has 2 rings (SSSR count). The molecule has 20 heavy (non-hydrogen) atoms. The first kappa shape index (κ1) is 15.3. The van der Waals surface area contributed by atoms with Gasteiger partial charge in [0.15, 0.2) is 11.6 Å². The topological polar surface area (TPSA) is 38.5 Å². The number of nitrogens with two attached hydrogens (primary N) is 1. The van der Waals surface area contributed by atoms with E-state index in [1.165, 1.54) is 12.8 Å². The Kier molecular flexibility index (Phi) is 5.38. The number of hydrogen-bond donors (Lipinski definition) is 1. The van der Waals surface area contributed by atoms with Crippen LogP contribution in [0.3, 0.4) is 0 Å². The van der Waals surface area contributed by atoms with Gasteiger partial charge in [0.25, 0.3) is 0 Å². The molecular weight excluding hydrogens is 255 g/mol. The summed E-state index contributed by atoms with van der Waals surface area (Å²) in [4.78, 5) is 2.37. The van der Waals surface area contributed by atoms with Gasteiger partial charge in [-0.3, -0.25) is 4.90 Å². The standard InChI is InChI=1S/C16H25FN2O/c1-3-20-16-7-6-13(9-15(16)17)10-19-8-4-5-14(11-19)12(2)18/h6-7,9,12,14H,3-5,8,10-11,18H2,1-2H3.